The van der Waals surface area contributed by atoms with Crippen molar-refractivity contribution in [2.24, 2.45) is 0 Å². The molecule has 0 aliphatic rings. The Morgan fingerprint density at radius 2 is 2.25 bits per heavy atom. The van der Waals surface area contributed by atoms with Crippen LogP contribution in [0.4, 0.5) is 0 Å². The van der Waals surface area contributed by atoms with Crippen LogP contribution in [0.15, 0.2) is 12.8 Å². The van der Waals surface area contributed by atoms with Gasteiger partial charge in [-0.05, 0) is 6.92 Å². The molecule has 0 aromatic carbocycles. The molecule has 0 bridgehead atoms. The van der Waals surface area contributed by atoms with E-state index in [1.54, 1.807) is 6.92 Å². The van der Waals surface area contributed by atoms with E-state index >= 15 is 0 Å². The SMILES string of the molecule is C=COCC(C)OCC=S(=O)=O. The molecule has 0 N–H and O–H groups in total. The first-order valence-corrected chi connectivity index (χ1v) is 4.56. The maximum absolute atomic E-state index is 10.0. The zero-order valence-electron chi connectivity index (χ0n) is 6.89. The molecule has 12 heavy (non-hydrogen) atoms. The smallest absolute Gasteiger partial charge is 0.212 e. The topological polar surface area (TPSA) is 52.6 Å². The van der Waals surface area contributed by atoms with Gasteiger partial charge in [0.2, 0.25) is 10.3 Å². The summed E-state index contributed by atoms with van der Waals surface area (Å²) in [5, 5.41) is 1.05. The fourth-order valence-corrected chi connectivity index (χ4v) is 0.700. The van der Waals surface area contributed by atoms with Crippen molar-refractivity contribution in [3.8, 4) is 0 Å². The highest BCUT2D eigenvalue weighted by Crippen LogP contribution is 1.90. The molecule has 0 aromatic rings. The summed E-state index contributed by atoms with van der Waals surface area (Å²) in [6.07, 6.45) is 1.18. The van der Waals surface area contributed by atoms with Gasteiger partial charge in [-0.3, -0.25) is 0 Å². The van der Waals surface area contributed by atoms with Gasteiger partial charge in [-0.2, -0.15) is 8.42 Å². The molecular formula is C7H12O4S. The molecule has 0 saturated carbocycles. The molecule has 5 heteroatoms. The lowest BCUT2D eigenvalue weighted by atomic mass is 10.4. The predicted octanol–water partition coefficient (Wildman–Crippen LogP) is 0.233. The Bertz CT molecular complexity index is 234. The van der Waals surface area contributed by atoms with Crippen molar-refractivity contribution in [2.75, 3.05) is 13.2 Å². The lowest BCUT2D eigenvalue weighted by molar-refractivity contribution is 0.0422. The second-order valence-corrected chi connectivity index (χ2v) is 2.93. The molecule has 0 aromatic heterocycles. The van der Waals surface area contributed by atoms with Gasteiger partial charge in [-0.25, -0.2) is 0 Å². The Morgan fingerprint density at radius 1 is 1.58 bits per heavy atom. The monoisotopic (exact) mass is 192 g/mol. The van der Waals surface area contributed by atoms with Crippen LogP contribution in [0.2, 0.25) is 0 Å². The van der Waals surface area contributed by atoms with E-state index in [2.05, 4.69) is 6.58 Å². The van der Waals surface area contributed by atoms with E-state index in [1.165, 1.54) is 6.26 Å². The summed E-state index contributed by atoms with van der Waals surface area (Å²) in [7, 11) is -2.15. The Balaban J connectivity index is 3.50. The summed E-state index contributed by atoms with van der Waals surface area (Å²) < 4.78 is 29.9. The van der Waals surface area contributed by atoms with Gasteiger partial charge in [0.15, 0.2) is 0 Å². The highest BCUT2D eigenvalue weighted by molar-refractivity contribution is 7.71. The predicted molar refractivity (Wildman–Crippen MR) is 46.5 cm³/mol. The van der Waals surface area contributed by atoms with E-state index in [9.17, 15) is 8.42 Å². The lowest BCUT2D eigenvalue weighted by Crippen LogP contribution is -2.15. The largest absolute Gasteiger partial charge is 0.499 e. The van der Waals surface area contributed by atoms with E-state index in [0.717, 1.165) is 5.37 Å². The molecule has 0 radical (unpaired) electrons. The van der Waals surface area contributed by atoms with Crippen molar-refractivity contribution < 1.29 is 17.9 Å². The zero-order valence-corrected chi connectivity index (χ0v) is 7.71. The first kappa shape index (κ1) is 11.2. The average molecular weight is 192 g/mol. The molecule has 4 nitrogen and oxygen atoms in total. The van der Waals surface area contributed by atoms with Crippen molar-refractivity contribution in [1.82, 2.24) is 0 Å². The molecule has 0 fully saturated rings. The van der Waals surface area contributed by atoms with Gasteiger partial charge < -0.3 is 9.47 Å². The highest BCUT2D eigenvalue weighted by atomic mass is 32.2. The van der Waals surface area contributed by atoms with Crippen LogP contribution in [0.3, 0.4) is 0 Å². The van der Waals surface area contributed by atoms with Gasteiger partial charge in [-0.15, -0.1) is 0 Å². The summed E-state index contributed by atoms with van der Waals surface area (Å²) >= 11 is 0. The summed E-state index contributed by atoms with van der Waals surface area (Å²) in [6.45, 7) is 5.60. The Morgan fingerprint density at radius 3 is 2.75 bits per heavy atom. The van der Waals surface area contributed by atoms with E-state index in [4.69, 9.17) is 9.47 Å². The second-order valence-electron chi connectivity index (χ2n) is 2.07. The van der Waals surface area contributed by atoms with Crippen LogP contribution in [0.1, 0.15) is 6.92 Å². The molecule has 0 amide bonds. The summed E-state index contributed by atoms with van der Waals surface area (Å²) in [5.41, 5.74) is 0. The van der Waals surface area contributed by atoms with E-state index < -0.39 is 10.3 Å². The highest BCUT2D eigenvalue weighted by Gasteiger charge is 1.99. The van der Waals surface area contributed by atoms with Crippen LogP contribution in [-0.2, 0) is 19.8 Å². The van der Waals surface area contributed by atoms with Gasteiger partial charge in [0, 0.05) is 0 Å². The van der Waals surface area contributed by atoms with Crippen molar-refractivity contribution >= 4 is 15.7 Å². The Labute approximate surface area is 73.3 Å². The van der Waals surface area contributed by atoms with Crippen LogP contribution in [0.25, 0.3) is 0 Å². The molecular weight excluding hydrogens is 180 g/mol. The van der Waals surface area contributed by atoms with Crippen molar-refractivity contribution in [3.63, 3.8) is 0 Å². The number of rotatable bonds is 6. The molecule has 0 aliphatic heterocycles. The molecule has 0 spiro atoms. The van der Waals surface area contributed by atoms with Gasteiger partial charge in [0.25, 0.3) is 0 Å². The van der Waals surface area contributed by atoms with Gasteiger partial charge in [0.05, 0.1) is 24.3 Å². The lowest BCUT2D eigenvalue weighted by Gasteiger charge is -2.09. The summed E-state index contributed by atoms with van der Waals surface area (Å²) in [6, 6.07) is 0. The minimum absolute atomic E-state index is 0.0811. The van der Waals surface area contributed by atoms with Crippen LogP contribution in [0.5, 0.6) is 0 Å². The van der Waals surface area contributed by atoms with E-state index in [0.29, 0.717) is 6.61 Å². The molecule has 0 aliphatic carbocycles. The summed E-state index contributed by atoms with van der Waals surface area (Å²) in [4.78, 5) is 0. The van der Waals surface area contributed by atoms with Crippen molar-refractivity contribution in [3.05, 3.63) is 12.8 Å². The molecule has 0 saturated heterocycles. The van der Waals surface area contributed by atoms with Crippen LogP contribution >= 0.6 is 0 Å². The van der Waals surface area contributed by atoms with Crippen molar-refractivity contribution in [1.29, 1.82) is 0 Å². The maximum Gasteiger partial charge on any atom is 0.212 e. The number of ether oxygens (including phenoxy) is 2. The third-order valence-electron chi connectivity index (χ3n) is 1.03. The molecule has 1 atom stereocenters. The maximum atomic E-state index is 10.0. The number of hydrogen-bond acceptors (Lipinski definition) is 4. The second kappa shape index (κ2) is 6.87. The fourth-order valence-electron chi connectivity index (χ4n) is 0.511. The van der Waals surface area contributed by atoms with Gasteiger partial charge in [-0.1, -0.05) is 6.58 Å². The van der Waals surface area contributed by atoms with Crippen LogP contribution < -0.4 is 0 Å². The standard InChI is InChI=1S/C7H12O4S/c1-3-10-6-7(2)11-4-5-12(8)9/h3,5,7H,1,4,6H2,2H3. The minimum Gasteiger partial charge on any atom is -0.499 e. The first-order valence-electron chi connectivity index (χ1n) is 3.42. The third-order valence-corrected chi connectivity index (χ3v) is 1.44. The Hall–Kier alpha value is -0.810. The number of hydrogen-bond donors (Lipinski definition) is 0. The Kier molecular flexibility index (Phi) is 6.41. The van der Waals surface area contributed by atoms with E-state index in [-0.39, 0.29) is 12.7 Å². The molecule has 0 heterocycles. The van der Waals surface area contributed by atoms with E-state index in [1.807, 2.05) is 0 Å². The molecule has 1 unspecified atom stereocenters. The normalized spacial score (nSPS) is 11.8. The first-order chi connectivity index (χ1) is 5.66. The summed E-state index contributed by atoms with van der Waals surface area (Å²) in [5.74, 6) is 0. The van der Waals surface area contributed by atoms with Crippen molar-refractivity contribution in [2.45, 2.75) is 13.0 Å². The average Bonchev–Trinajstić information content (AvgIpc) is 2.00. The van der Waals surface area contributed by atoms with Crippen LogP contribution in [-0.4, -0.2) is 33.1 Å². The van der Waals surface area contributed by atoms with Crippen LogP contribution in [0, 0.1) is 0 Å². The third kappa shape index (κ3) is 7.30. The quantitative estimate of drug-likeness (QED) is 0.446. The van der Waals surface area contributed by atoms with Gasteiger partial charge in [0.1, 0.15) is 6.61 Å². The van der Waals surface area contributed by atoms with Gasteiger partial charge >= 0.3 is 0 Å². The zero-order chi connectivity index (χ0) is 9.40. The minimum atomic E-state index is -2.15. The molecule has 0 rings (SSSR count). The fraction of sp³-hybridized carbons (Fsp3) is 0.571. The molecule has 70 valence electrons.